The van der Waals surface area contributed by atoms with E-state index in [0.29, 0.717) is 6.67 Å². The summed E-state index contributed by atoms with van der Waals surface area (Å²) in [7, 11) is 0. The molecule has 0 radical (unpaired) electrons. The van der Waals surface area contributed by atoms with Gasteiger partial charge in [0.05, 0.1) is 39.2 Å². The van der Waals surface area contributed by atoms with E-state index in [2.05, 4.69) is 389 Å². The smallest absolute Gasteiger partial charge is 0.137 e. The topological polar surface area (TPSA) is 33.5 Å². The summed E-state index contributed by atoms with van der Waals surface area (Å²) in [5.74, 6) is 2.35. The standard InChI is InChI=1S/C101H88N4O/c1-97(2,3)74-57-82-83-58-75(98(4,5)6)60-87(100(10,11)12)94(83)101(93(82)86(59-74)99(7,8)9)84-49-47-77(106-76-46-48-81-80-39-25-26-43-88(80)105(90(81)61-76)92-45-27-28-50-102-92)62-91(84)104-63-103(89-44-30-42-85(101)96(89)104)95-78(72-53-68(64-31-17-13-18-32-64)51-69(54-72)65-33-19-14-20-34-65)40-29-41-79(95)73-55-70(66-35-21-15-22-36-66)52-71(56-73)67-37-23-16-24-38-67/h13-62H,63H2,1-12H3. The molecule has 4 heterocycles. The van der Waals surface area contributed by atoms with E-state index in [-0.39, 0.29) is 21.7 Å². The van der Waals surface area contributed by atoms with Crippen molar-refractivity contribution >= 4 is 44.6 Å². The van der Waals surface area contributed by atoms with Crippen LogP contribution in [0.5, 0.6) is 11.5 Å². The van der Waals surface area contributed by atoms with Crippen molar-refractivity contribution in [2.45, 2.75) is 110 Å². The lowest BCUT2D eigenvalue weighted by atomic mass is 9.59. The van der Waals surface area contributed by atoms with Gasteiger partial charge in [0.2, 0.25) is 0 Å². The molecule has 5 heteroatoms. The number of hydrogen-bond acceptors (Lipinski definition) is 4. The van der Waals surface area contributed by atoms with Crippen LogP contribution in [0.2, 0.25) is 0 Å². The number of benzene rings is 13. The zero-order chi connectivity index (χ0) is 72.8. The van der Waals surface area contributed by atoms with E-state index in [1.807, 2.05) is 12.3 Å². The first-order chi connectivity index (χ1) is 51.1. The molecule has 518 valence electrons. The second-order valence-corrected chi connectivity index (χ2v) is 33.6. The summed E-state index contributed by atoms with van der Waals surface area (Å²) in [5, 5.41) is 2.30. The zero-order valence-electron chi connectivity index (χ0n) is 62.8. The molecule has 106 heavy (non-hydrogen) atoms. The van der Waals surface area contributed by atoms with Crippen molar-refractivity contribution in [1.29, 1.82) is 0 Å². The fraction of sp³-hybridized carbons (Fsp3) is 0.178. The number of anilines is 4. The van der Waals surface area contributed by atoms with Crippen LogP contribution in [0, 0.1) is 0 Å². The van der Waals surface area contributed by atoms with E-state index in [4.69, 9.17) is 9.72 Å². The Hall–Kier alpha value is -11.8. The Bertz CT molecular complexity index is 5640. The third kappa shape index (κ3) is 10.9. The normalized spacial score (nSPS) is 13.7. The summed E-state index contributed by atoms with van der Waals surface area (Å²) in [6, 6.07) is 111. The highest BCUT2D eigenvalue weighted by Gasteiger charge is 2.58. The number of ether oxygens (including phenoxy) is 1. The molecule has 0 saturated heterocycles. The molecule has 2 aromatic heterocycles. The third-order valence-electron chi connectivity index (χ3n) is 22.6. The van der Waals surface area contributed by atoms with Crippen LogP contribution in [-0.4, -0.2) is 16.2 Å². The van der Waals surface area contributed by atoms with Crippen LogP contribution in [0.25, 0.3) is 106 Å². The Morgan fingerprint density at radius 3 is 1.25 bits per heavy atom. The summed E-state index contributed by atoms with van der Waals surface area (Å²) in [4.78, 5) is 10.3. The molecule has 0 N–H and O–H groups in total. The molecule has 0 fully saturated rings. The van der Waals surface area contributed by atoms with Crippen LogP contribution in [0.3, 0.4) is 0 Å². The van der Waals surface area contributed by atoms with Gasteiger partial charge in [-0.3, -0.25) is 4.57 Å². The van der Waals surface area contributed by atoms with Gasteiger partial charge >= 0.3 is 0 Å². The number of fused-ring (bicyclic) bond motifs is 12. The van der Waals surface area contributed by atoms with Gasteiger partial charge in [-0.1, -0.05) is 289 Å². The van der Waals surface area contributed by atoms with E-state index in [1.165, 1.54) is 66.7 Å². The van der Waals surface area contributed by atoms with Gasteiger partial charge in [0.15, 0.2) is 0 Å². The van der Waals surface area contributed by atoms with Crippen molar-refractivity contribution in [1.82, 2.24) is 9.55 Å². The SMILES string of the molecule is CC(C)(C)c1cc2c(c(C(C)(C)C)c1)C1(c3ccc(Oc4ccc5c6ccccc6n(-c6ccccn6)c5c4)cc3N3CN(c4c(-c5cc(-c6ccccc6)cc(-c6ccccc6)c5)cccc4-c4cc(-c5ccccc5)cc(-c5ccccc5)c4)c4cccc1c43)c1c-2cc(C(C)(C)C)cc1C(C)(C)C. The van der Waals surface area contributed by atoms with Crippen LogP contribution >= 0.6 is 0 Å². The number of para-hydroxylation sites is 3. The zero-order valence-corrected chi connectivity index (χ0v) is 62.8. The fourth-order valence-corrected chi connectivity index (χ4v) is 17.4. The van der Waals surface area contributed by atoms with Gasteiger partial charge in [-0.15, -0.1) is 0 Å². The van der Waals surface area contributed by atoms with Gasteiger partial charge in [0.25, 0.3) is 0 Å². The van der Waals surface area contributed by atoms with E-state index < -0.39 is 5.41 Å². The molecular weight excluding hydrogens is 1290 g/mol. The lowest BCUT2D eigenvalue weighted by Crippen LogP contribution is -2.40. The van der Waals surface area contributed by atoms with Gasteiger partial charge in [-0.05, 0) is 212 Å². The Balaban J connectivity index is 0.950. The number of pyridine rings is 1. The van der Waals surface area contributed by atoms with Crippen molar-refractivity contribution < 1.29 is 4.74 Å². The molecular formula is C101H88N4O. The molecule has 15 aromatic rings. The largest absolute Gasteiger partial charge is 0.457 e. The highest BCUT2D eigenvalue weighted by molar-refractivity contribution is 6.10. The first-order valence-electron chi connectivity index (χ1n) is 37.6. The van der Waals surface area contributed by atoms with Crippen molar-refractivity contribution in [3.8, 4) is 95.2 Å². The van der Waals surface area contributed by atoms with Crippen molar-refractivity contribution in [2.75, 3.05) is 16.5 Å². The fourth-order valence-electron chi connectivity index (χ4n) is 17.4. The minimum Gasteiger partial charge on any atom is -0.457 e. The maximum atomic E-state index is 7.47. The maximum Gasteiger partial charge on any atom is 0.137 e. The molecule has 2 aliphatic heterocycles. The monoisotopic (exact) mass is 1370 g/mol. The first-order valence-corrected chi connectivity index (χ1v) is 37.6. The average Bonchev–Trinajstić information content (AvgIpc) is 1.47. The average molecular weight is 1370 g/mol. The molecule has 0 saturated carbocycles. The molecule has 0 bridgehead atoms. The molecule has 3 aliphatic rings. The summed E-state index contributed by atoms with van der Waals surface area (Å²) >= 11 is 0. The first kappa shape index (κ1) is 66.2. The minimum atomic E-state index is -0.831. The molecule has 0 atom stereocenters. The van der Waals surface area contributed by atoms with Gasteiger partial charge in [-0.25, -0.2) is 4.98 Å². The maximum absolute atomic E-state index is 7.47. The summed E-state index contributed by atoms with van der Waals surface area (Å²) < 4.78 is 9.74. The number of rotatable bonds is 10. The van der Waals surface area contributed by atoms with E-state index in [9.17, 15) is 0 Å². The third-order valence-corrected chi connectivity index (χ3v) is 22.6. The molecule has 5 nitrogen and oxygen atoms in total. The lowest BCUT2D eigenvalue weighted by Gasteiger charge is -2.46. The Kier molecular flexibility index (Phi) is 15.4. The quantitative estimate of drug-likeness (QED) is 0.137. The molecule has 13 aromatic carbocycles. The molecule has 0 unspecified atom stereocenters. The molecule has 18 rings (SSSR count). The van der Waals surface area contributed by atoms with E-state index in [0.717, 1.165) is 118 Å². The van der Waals surface area contributed by atoms with Crippen molar-refractivity contribution in [3.63, 3.8) is 0 Å². The van der Waals surface area contributed by atoms with Crippen LogP contribution in [0.15, 0.2) is 303 Å². The molecule has 1 aliphatic carbocycles. The second-order valence-electron chi connectivity index (χ2n) is 33.6. The predicted octanol–water partition coefficient (Wildman–Crippen LogP) is 27.1. The minimum absolute atomic E-state index is 0.146. The number of aromatic nitrogens is 2. The Labute approximate surface area is 624 Å². The highest BCUT2D eigenvalue weighted by Crippen LogP contribution is 2.69. The van der Waals surface area contributed by atoms with Crippen LogP contribution < -0.4 is 14.5 Å². The van der Waals surface area contributed by atoms with Crippen LogP contribution in [0.4, 0.5) is 22.7 Å². The summed E-state index contributed by atoms with van der Waals surface area (Å²) in [6.07, 6.45) is 1.87. The molecule has 0 amide bonds. The van der Waals surface area contributed by atoms with Gasteiger partial charge in [-0.2, -0.15) is 0 Å². The van der Waals surface area contributed by atoms with Gasteiger partial charge in [0, 0.05) is 40.2 Å². The van der Waals surface area contributed by atoms with Crippen LogP contribution in [-0.2, 0) is 27.1 Å². The summed E-state index contributed by atoms with van der Waals surface area (Å²) in [5.41, 5.74) is 32.1. The molecule has 1 spiro atoms. The van der Waals surface area contributed by atoms with Crippen molar-refractivity contribution in [2.24, 2.45) is 0 Å². The van der Waals surface area contributed by atoms with E-state index >= 15 is 0 Å². The lowest BCUT2D eigenvalue weighted by molar-refractivity contribution is 0.482. The van der Waals surface area contributed by atoms with Crippen LogP contribution in [0.1, 0.15) is 128 Å². The highest BCUT2D eigenvalue weighted by atomic mass is 16.5. The Morgan fingerprint density at radius 2 is 0.755 bits per heavy atom. The summed E-state index contributed by atoms with van der Waals surface area (Å²) in [6.45, 7) is 29.4. The van der Waals surface area contributed by atoms with Gasteiger partial charge < -0.3 is 14.5 Å². The number of nitrogens with zero attached hydrogens (tertiary/aromatic N) is 4. The predicted molar refractivity (Wildman–Crippen MR) is 445 cm³/mol. The van der Waals surface area contributed by atoms with E-state index in [1.54, 1.807) is 0 Å². The van der Waals surface area contributed by atoms with Crippen molar-refractivity contribution in [3.05, 3.63) is 348 Å². The van der Waals surface area contributed by atoms with Gasteiger partial charge in [0.1, 0.15) is 24.0 Å². The Morgan fingerprint density at radius 1 is 0.311 bits per heavy atom. The second kappa shape index (κ2) is 24.7. The number of hydrogen-bond donors (Lipinski definition) is 0.